The molecule has 2 rings (SSSR count). The van der Waals surface area contributed by atoms with Crippen molar-refractivity contribution in [3.8, 4) is 0 Å². The highest BCUT2D eigenvalue weighted by molar-refractivity contribution is 5.52. The van der Waals surface area contributed by atoms with Crippen LogP contribution < -0.4 is 5.32 Å². The molecule has 0 amide bonds. The largest absolute Gasteiger partial charge is 0.377 e. The number of aromatic nitrogens is 2. The first-order valence-corrected chi connectivity index (χ1v) is 6.15. The third-order valence-corrected chi connectivity index (χ3v) is 2.90. The molecule has 1 aromatic heterocycles. The third-order valence-electron chi connectivity index (χ3n) is 2.90. The number of rotatable bonds is 5. The molecule has 0 saturated carbocycles. The minimum atomic E-state index is 0.246. The van der Waals surface area contributed by atoms with Gasteiger partial charge in [-0.2, -0.15) is 5.10 Å². The standard InChI is InChI=1S/C14H19N3/c1-3-6-12-7-4-5-8-14(12)16-11(2)13-9-10-15-17-13/h4-5,7-11,16H,3,6H2,1-2H3,(H,15,17). The Morgan fingerprint density at radius 3 is 2.82 bits per heavy atom. The Kier molecular flexibility index (Phi) is 3.81. The summed E-state index contributed by atoms with van der Waals surface area (Å²) < 4.78 is 0. The fourth-order valence-corrected chi connectivity index (χ4v) is 1.97. The first kappa shape index (κ1) is 11.7. The fraction of sp³-hybridized carbons (Fsp3) is 0.357. The summed E-state index contributed by atoms with van der Waals surface area (Å²) in [4.78, 5) is 0. The van der Waals surface area contributed by atoms with Gasteiger partial charge < -0.3 is 5.32 Å². The van der Waals surface area contributed by atoms with Crippen molar-refractivity contribution < 1.29 is 0 Å². The molecule has 0 bridgehead atoms. The maximum absolute atomic E-state index is 3.98. The van der Waals surface area contributed by atoms with Crippen LogP contribution in [0.5, 0.6) is 0 Å². The lowest BCUT2D eigenvalue weighted by Crippen LogP contribution is -2.08. The Morgan fingerprint density at radius 1 is 1.29 bits per heavy atom. The molecule has 3 nitrogen and oxygen atoms in total. The smallest absolute Gasteiger partial charge is 0.0651 e. The number of H-pyrrole nitrogens is 1. The Bertz CT molecular complexity index is 448. The van der Waals surface area contributed by atoms with Crippen LogP contribution in [0.3, 0.4) is 0 Å². The first-order chi connectivity index (χ1) is 8.31. The second-order valence-electron chi connectivity index (χ2n) is 4.29. The molecule has 0 spiro atoms. The third kappa shape index (κ3) is 2.87. The van der Waals surface area contributed by atoms with Gasteiger partial charge in [-0.25, -0.2) is 0 Å². The molecule has 0 aliphatic rings. The van der Waals surface area contributed by atoms with E-state index in [1.807, 2.05) is 6.07 Å². The predicted molar refractivity (Wildman–Crippen MR) is 71.1 cm³/mol. The molecular formula is C14H19N3. The first-order valence-electron chi connectivity index (χ1n) is 6.15. The van der Waals surface area contributed by atoms with E-state index in [2.05, 4.69) is 53.6 Å². The Balaban J connectivity index is 2.12. The van der Waals surface area contributed by atoms with E-state index in [1.54, 1.807) is 6.20 Å². The molecule has 1 aromatic carbocycles. The monoisotopic (exact) mass is 229 g/mol. The molecule has 1 unspecified atom stereocenters. The van der Waals surface area contributed by atoms with Crippen molar-refractivity contribution in [3.63, 3.8) is 0 Å². The number of hydrogen-bond donors (Lipinski definition) is 2. The molecule has 0 radical (unpaired) electrons. The van der Waals surface area contributed by atoms with Crippen molar-refractivity contribution in [3.05, 3.63) is 47.8 Å². The van der Waals surface area contributed by atoms with Gasteiger partial charge in [0.1, 0.15) is 0 Å². The van der Waals surface area contributed by atoms with Crippen molar-refractivity contribution in [1.82, 2.24) is 10.2 Å². The van der Waals surface area contributed by atoms with Gasteiger partial charge in [0.2, 0.25) is 0 Å². The van der Waals surface area contributed by atoms with E-state index in [1.165, 1.54) is 11.3 Å². The molecule has 0 aliphatic carbocycles. The molecule has 17 heavy (non-hydrogen) atoms. The number of para-hydroxylation sites is 1. The van der Waals surface area contributed by atoms with Crippen LogP contribution in [0.1, 0.15) is 37.6 Å². The van der Waals surface area contributed by atoms with Crippen molar-refractivity contribution in [1.29, 1.82) is 0 Å². The van der Waals surface area contributed by atoms with E-state index in [9.17, 15) is 0 Å². The van der Waals surface area contributed by atoms with Gasteiger partial charge in [-0.1, -0.05) is 31.5 Å². The fourth-order valence-electron chi connectivity index (χ4n) is 1.97. The van der Waals surface area contributed by atoms with Gasteiger partial charge in [0.25, 0.3) is 0 Å². The second-order valence-corrected chi connectivity index (χ2v) is 4.29. The summed E-state index contributed by atoms with van der Waals surface area (Å²) in [5.74, 6) is 0. The molecular weight excluding hydrogens is 210 g/mol. The van der Waals surface area contributed by atoms with Crippen molar-refractivity contribution in [2.24, 2.45) is 0 Å². The summed E-state index contributed by atoms with van der Waals surface area (Å²) >= 11 is 0. The number of anilines is 1. The lowest BCUT2D eigenvalue weighted by atomic mass is 10.1. The second kappa shape index (κ2) is 5.53. The summed E-state index contributed by atoms with van der Waals surface area (Å²) in [5.41, 5.74) is 3.70. The maximum Gasteiger partial charge on any atom is 0.0651 e. The van der Waals surface area contributed by atoms with Gasteiger partial charge in [0.05, 0.1) is 11.7 Å². The number of nitrogens with zero attached hydrogens (tertiary/aromatic N) is 1. The van der Waals surface area contributed by atoms with Gasteiger partial charge in [-0.3, -0.25) is 5.10 Å². The van der Waals surface area contributed by atoms with Crippen molar-refractivity contribution in [2.45, 2.75) is 32.7 Å². The topological polar surface area (TPSA) is 40.7 Å². The van der Waals surface area contributed by atoms with Crippen LogP contribution >= 0.6 is 0 Å². The Hall–Kier alpha value is -1.77. The van der Waals surface area contributed by atoms with Crippen molar-refractivity contribution in [2.75, 3.05) is 5.32 Å². The van der Waals surface area contributed by atoms with E-state index in [-0.39, 0.29) is 6.04 Å². The minimum Gasteiger partial charge on any atom is -0.377 e. The number of benzene rings is 1. The molecule has 2 aromatic rings. The van der Waals surface area contributed by atoms with Crippen molar-refractivity contribution >= 4 is 5.69 Å². The van der Waals surface area contributed by atoms with Crippen LogP contribution in [-0.2, 0) is 6.42 Å². The quantitative estimate of drug-likeness (QED) is 0.823. The van der Waals surface area contributed by atoms with Crippen LogP contribution in [0.2, 0.25) is 0 Å². The number of nitrogens with one attached hydrogen (secondary N) is 2. The van der Waals surface area contributed by atoms with E-state index in [4.69, 9.17) is 0 Å². The zero-order valence-electron chi connectivity index (χ0n) is 10.4. The SMILES string of the molecule is CCCc1ccccc1NC(C)c1ccn[nH]1. The van der Waals surface area contributed by atoms with E-state index in [0.717, 1.165) is 18.5 Å². The molecule has 0 saturated heterocycles. The highest BCUT2D eigenvalue weighted by Crippen LogP contribution is 2.22. The molecule has 1 heterocycles. The summed E-state index contributed by atoms with van der Waals surface area (Å²) in [6.07, 6.45) is 4.06. The summed E-state index contributed by atoms with van der Waals surface area (Å²) in [5, 5.41) is 10.5. The summed E-state index contributed by atoms with van der Waals surface area (Å²) in [7, 11) is 0. The zero-order valence-corrected chi connectivity index (χ0v) is 10.4. The average Bonchev–Trinajstić information content (AvgIpc) is 2.85. The van der Waals surface area contributed by atoms with E-state index < -0.39 is 0 Å². The van der Waals surface area contributed by atoms with Crippen LogP contribution in [0.4, 0.5) is 5.69 Å². The molecule has 1 atom stereocenters. The average molecular weight is 229 g/mol. The zero-order chi connectivity index (χ0) is 12.1. The molecule has 2 N–H and O–H groups in total. The summed E-state index contributed by atoms with van der Waals surface area (Å²) in [6, 6.07) is 10.7. The lowest BCUT2D eigenvalue weighted by Gasteiger charge is -2.16. The molecule has 90 valence electrons. The van der Waals surface area contributed by atoms with Crippen LogP contribution in [0, 0.1) is 0 Å². The predicted octanol–water partition coefficient (Wildman–Crippen LogP) is 3.54. The molecule has 0 fully saturated rings. The number of aryl methyl sites for hydroxylation is 1. The van der Waals surface area contributed by atoms with E-state index in [0.29, 0.717) is 0 Å². The normalized spacial score (nSPS) is 12.4. The number of hydrogen-bond acceptors (Lipinski definition) is 2. The van der Waals surface area contributed by atoms with Gasteiger partial charge in [0.15, 0.2) is 0 Å². The van der Waals surface area contributed by atoms with Gasteiger partial charge >= 0.3 is 0 Å². The summed E-state index contributed by atoms with van der Waals surface area (Å²) in [6.45, 7) is 4.34. The molecule has 3 heteroatoms. The highest BCUT2D eigenvalue weighted by Gasteiger charge is 2.08. The lowest BCUT2D eigenvalue weighted by molar-refractivity contribution is 0.819. The highest BCUT2D eigenvalue weighted by atomic mass is 15.1. The van der Waals surface area contributed by atoms with Gasteiger partial charge in [-0.15, -0.1) is 0 Å². The van der Waals surface area contributed by atoms with Gasteiger partial charge in [-0.05, 0) is 31.0 Å². The van der Waals surface area contributed by atoms with Crippen LogP contribution in [0.15, 0.2) is 36.5 Å². The van der Waals surface area contributed by atoms with E-state index >= 15 is 0 Å². The maximum atomic E-state index is 3.98. The Morgan fingerprint density at radius 2 is 2.12 bits per heavy atom. The van der Waals surface area contributed by atoms with Crippen LogP contribution in [-0.4, -0.2) is 10.2 Å². The molecule has 0 aliphatic heterocycles. The minimum absolute atomic E-state index is 0.246. The number of aromatic amines is 1. The Labute approximate surface area is 102 Å². The van der Waals surface area contributed by atoms with Gasteiger partial charge in [0, 0.05) is 11.9 Å². The van der Waals surface area contributed by atoms with Crippen LogP contribution in [0.25, 0.3) is 0 Å².